The van der Waals surface area contributed by atoms with Crippen LogP contribution in [0.25, 0.3) is 0 Å². The average molecular weight is 321 g/mol. The summed E-state index contributed by atoms with van der Waals surface area (Å²) in [5, 5.41) is 39.9. The number of carboxylic acids is 1. The molecule has 0 bridgehead atoms. The first-order valence-corrected chi connectivity index (χ1v) is 7.09. The minimum atomic E-state index is -1.35. The molecule has 0 saturated carbocycles. The zero-order chi connectivity index (χ0) is 16.7. The molecule has 0 aromatic heterocycles. The molecule has 0 aromatic carbocycles. The minimum absolute atomic E-state index is 0.0185. The van der Waals surface area contributed by atoms with Gasteiger partial charge >= 0.3 is 5.97 Å². The maximum Gasteiger partial charge on any atom is 0.303 e. The van der Waals surface area contributed by atoms with Crippen LogP contribution in [0.3, 0.4) is 0 Å². The van der Waals surface area contributed by atoms with E-state index in [9.17, 15) is 19.8 Å². The van der Waals surface area contributed by atoms with E-state index < -0.39 is 49.1 Å². The van der Waals surface area contributed by atoms with E-state index >= 15 is 0 Å². The number of carboxylic acid groups (broad SMARTS) is 1. The third-order valence-corrected chi connectivity index (χ3v) is 3.32. The number of ether oxygens (including phenoxy) is 2. The van der Waals surface area contributed by atoms with Crippen molar-refractivity contribution in [1.82, 2.24) is 5.32 Å². The Balaban J connectivity index is 2.57. The van der Waals surface area contributed by atoms with Crippen molar-refractivity contribution in [2.75, 3.05) is 13.2 Å². The fourth-order valence-electron chi connectivity index (χ4n) is 2.19. The van der Waals surface area contributed by atoms with Crippen molar-refractivity contribution in [3.8, 4) is 0 Å². The number of aliphatic hydroxyl groups is 3. The van der Waals surface area contributed by atoms with Gasteiger partial charge in [0.2, 0.25) is 5.91 Å². The standard InChI is InChI=1S/C13H23NO8/c1-7(16)14-10-12(20)11(19)8(6-15)22-13(10)21-5-3-2-4-9(17)18/h8,10-13,15,19-20H,2-6H2,1H3,(H,14,16)(H,17,18)/t8-,10-,11+,12-,13+/m1/s1. The van der Waals surface area contributed by atoms with E-state index in [1.807, 2.05) is 0 Å². The number of rotatable bonds is 8. The van der Waals surface area contributed by atoms with Crippen LogP contribution in [0, 0.1) is 0 Å². The van der Waals surface area contributed by atoms with E-state index in [-0.39, 0.29) is 13.0 Å². The summed E-state index contributed by atoms with van der Waals surface area (Å²) in [5.74, 6) is -1.33. The highest BCUT2D eigenvalue weighted by Crippen LogP contribution is 2.22. The molecular formula is C13H23NO8. The molecule has 1 fully saturated rings. The molecule has 9 heteroatoms. The third-order valence-electron chi connectivity index (χ3n) is 3.32. The quantitative estimate of drug-likeness (QED) is 0.329. The fraction of sp³-hybridized carbons (Fsp3) is 0.846. The number of nitrogens with one attached hydrogen (secondary N) is 1. The largest absolute Gasteiger partial charge is 0.481 e. The molecule has 0 unspecified atom stereocenters. The zero-order valence-electron chi connectivity index (χ0n) is 12.3. The second-order valence-corrected chi connectivity index (χ2v) is 5.15. The van der Waals surface area contributed by atoms with E-state index in [0.29, 0.717) is 12.8 Å². The molecule has 9 nitrogen and oxygen atoms in total. The van der Waals surface area contributed by atoms with Crippen molar-refractivity contribution in [1.29, 1.82) is 0 Å². The van der Waals surface area contributed by atoms with Crippen LogP contribution >= 0.6 is 0 Å². The van der Waals surface area contributed by atoms with Crippen molar-refractivity contribution in [2.24, 2.45) is 0 Å². The van der Waals surface area contributed by atoms with Gasteiger partial charge in [0.1, 0.15) is 24.4 Å². The average Bonchev–Trinajstić information content (AvgIpc) is 2.45. The minimum Gasteiger partial charge on any atom is -0.481 e. The van der Waals surface area contributed by atoms with Gasteiger partial charge in [-0.05, 0) is 12.8 Å². The number of carbonyl (C=O) groups excluding carboxylic acids is 1. The molecule has 1 aliphatic rings. The van der Waals surface area contributed by atoms with Crippen molar-refractivity contribution in [2.45, 2.75) is 56.8 Å². The van der Waals surface area contributed by atoms with Crippen LogP contribution in [0.1, 0.15) is 26.2 Å². The summed E-state index contributed by atoms with van der Waals surface area (Å²) in [6.07, 6.45) is -3.87. The van der Waals surface area contributed by atoms with Gasteiger partial charge in [-0.15, -0.1) is 0 Å². The summed E-state index contributed by atoms with van der Waals surface area (Å²) in [4.78, 5) is 21.6. The lowest BCUT2D eigenvalue weighted by atomic mass is 9.97. The van der Waals surface area contributed by atoms with Gasteiger partial charge in [-0.2, -0.15) is 0 Å². The molecule has 1 aliphatic heterocycles. The topological polar surface area (TPSA) is 146 Å². The van der Waals surface area contributed by atoms with E-state index in [2.05, 4.69) is 5.32 Å². The van der Waals surface area contributed by atoms with Crippen molar-refractivity contribution in [3.05, 3.63) is 0 Å². The van der Waals surface area contributed by atoms with Crippen LogP contribution in [0.5, 0.6) is 0 Å². The summed E-state index contributed by atoms with van der Waals surface area (Å²) in [5.41, 5.74) is 0. The van der Waals surface area contributed by atoms with Crippen LogP contribution < -0.4 is 5.32 Å². The number of hydrogen-bond donors (Lipinski definition) is 5. The Kier molecular flexibility index (Phi) is 7.69. The normalized spacial score (nSPS) is 31.7. The highest BCUT2D eigenvalue weighted by molar-refractivity contribution is 5.73. The molecule has 0 radical (unpaired) electrons. The summed E-state index contributed by atoms with van der Waals surface area (Å²) in [7, 11) is 0. The van der Waals surface area contributed by atoms with Crippen LogP contribution in [-0.4, -0.2) is 76.2 Å². The summed E-state index contributed by atoms with van der Waals surface area (Å²) in [6, 6.07) is -0.977. The lowest BCUT2D eigenvalue weighted by Gasteiger charge is -2.42. The summed E-state index contributed by atoms with van der Waals surface area (Å²) < 4.78 is 10.8. The Bertz CT molecular complexity index is 377. The van der Waals surface area contributed by atoms with E-state index in [1.165, 1.54) is 6.92 Å². The van der Waals surface area contributed by atoms with E-state index in [4.69, 9.17) is 19.7 Å². The zero-order valence-corrected chi connectivity index (χ0v) is 12.3. The molecule has 128 valence electrons. The molecule has 1 saturated heterocycles. The van der Waals surface area contributed by atoms with Crippen LogP contribution in [0.15, 0.2) is 0 Å². The lowest BCUT2D eigenvalue weighted by Crippen LogP contribution is -2.64. The van der Waals surface area contributed by atoms with Crippen LogP contribution in [0.4, 0.5) is 0 Å². The number of aliphatic hydroxyl groups excluding tert-OH is 3. The molecule has 0 aromatic rings. The number of hydrogen-bond acceptors (Lipinski definition) is 7. The molecule has 5 N–H and O–H groups in total. The van der Waals surface area contributed by atoms with Gasteiger partial charge < -0.3 is 35.2 Å². The number of unbranched alkanes of at least 4 members (excludes halogenated alkanes) is 1. The first-order chi connectivity index (χ1) is 10.4. The second kappa shape index (κ2) is 9.01. The van der Waals surface area contributed by atoms with Gasteiger partial charge in [0, 0.05) is 20.0 Å². The van der Waals surface area contributed by atoms with E-state index in [0.717, 1.165) is 0 Å². The van der Waals surface area contributed by atoms with Gasteiger partial charge in [0.05, 0.1) is 6.61 Å². The van der Waals surface area contributed by atoms with Crippen molar-refractivity contribution < 1.29 is 39.5 Å². The highest BCUT2D eigenvalue weighted by Gasteiger charge is 2.45. The molecule has 0 aliphatic carbocycles. The maximum absolute atomic E-state index is 11.2. The number of carbonyl (C=O) groups is 2. The Hall–Kier alpha value is -1.26. The van der Waals surface area contributed by atoms with E-state index in [1.54, 1.807) is 0 Å². The predicted molar refractivity (Wildman–Crippen MR) is 72.8 cm³/mol. The Morgan fingerprint density at radius 2 is 1.91 bits per heavy atom. The van der Waals surface area contributed by atoms with Gasteiger partial charge in [-0.25, -0.2) is 0 Å². The molecule has 22 heavy (non-hydrogen) atoms. The summed E-state index contributed by atoms with van der Waals surface area (Å²) in [6.45, 7) is 0.903. The Morgan fingerprint density at radius 3 is 2.45 bits per heavy atom. The third kappa shape index (κ3) is 5.50. The summed E-state index contributed by atoms with van der Waals surface area (Å²) >= 11 is 0. The maximum atomic E-state index is 11.2. The molecule has 1 heterocycles. The Labute approximate surface area is 127 Å². The van der Waals surface area contributed by atoms with Gasteiger partial charge in [-0.1, -0.05) is 0 Å². The molecule has 5 atom stereocenters. The first kappa shape index (κ1) is 18.8. The lowest BCUT2D eigenvalue weighted by molar-refractivity contribution is -0.270. The SMILES string of the molecule is CC(=O)N[C@H]1[C@@H](OCCCCC(=O)O)O[C@H](CO)[C@H](O)[C@@H]1O. The molecule has 1 amide bonds. The van der Waals surface area contributed by atoms with Crippen LogP contribution in [-0.2, 0) is 19.1 Å². The molecular weight excluding hydrogens is 298 g/mol. The predicted octanol–water partition coefficient (Wildman–Crippen LogP) is -1.80. The van der Waals surface area contributed by atoms with Gasteiger partial charge in [-0.3, -0.25) is 9.59 Å². The van der Waals surface area contributed by atoms with Gasteiger partial charge in [0.25, 0.3) is 0 Å². The van der Waals surface area contributed by atoms with Crippen LogP contribution in [0.2, 0.25) is 0 Å². The molecule has 0 spiro atoms. The molecule has 1 rings (SSSR count). The van der Waals surface area contributed by atoms with Crippen molar-refractivity contribution in [3.63, 3.8) is 0 Å². The first-order valence-electron chi connectivity index (χ1n) is 7.09. The number of amides is 1. The Morgan fingerprint density at radius 1 is 1.23 bits per heavy atom. The van der Waals surface area contributed by atoms with Crippen molar-refractivity contribution >= 4 is 11.9 Å². The monoisotopic (exact) mass is 321 g/mol. The fourth-order valence-corrected chi connectivity index (χ4v) is 2.19. The highest BCUT2D eigenvalue weighted by atomic mass is 16.7. The van der Waals surface area contributed by atoms with Gasteiger partial charge in [0.15, 0.2) is 6.29 Å². The number of aliphatic carboxylic acids is 1. The second-order valence-electron chi connectivity index (χ2n) is 5.15. The smallest absolute Gasteiger partial charge is 0.303 e.